The van der Waals surface area contributed by atoms with Crippen LogP contribution in [0.15, 0.2) is 72.8 Å². The number of ether oxygens (including phenoxy) is 2. The van der Waals surface area contributed by atoms with E-state index in [0.717, 1.165) is 25.7 Å². The standard InChI is InChI=1S/C38H56O4Si2/c1-30(23-24-31(2)37(41-32(3)39)26-28-43(7,8)9)29-34-18-16-17-33(42-34)25-27-40-44(38(4,5)6,35-19-12-10-13-20-35)36-21-14-11-15-22-36/h10-15,19-24,30-31,33-34,37H,16-18,25,27,29H2,1-9H3/b24-23+/t30-,31-,33-,34+,37-/m0/s1. The lowest BCUT2D eigenvalue weighted by Gasteiger charge is -2.43. The minimum Gasteiger partial charge on any atom is -0.449 e. The summed E-state index contributed by atoms with van der Waals surface area (Å²) in [5.41, 5.74) is 3.37. The maximum atomic E-state index is 11.7. The topological polar surface area (TPSA) is 44.8 Å². The molecule has 1 saturated heterocycles. The maximum absolute atomic E-state index is 11.7. The van der Waals surface area contributed by atoms with Crippen LogP contribution in [0.2, 0.25) is 24.7 Å². The molecular formula is C38H56O4Si2. The number of esters is 1. The van der Waals surface area contributed by atoms with Crippen LogP contribution < -0.4 is 10.4 Å². The van der Waals surface area contributed by atoms with E-state index >= 15 is 0 Å². The SMILES string of the molecule is CC(=O)O[C@@H](C#C[Si](C)(C)C)[C@@H](C)/C=C/[C@H](C)C[C@H]1CCC[C@@H](CCO[Si](c2ccccc2)(c2ccccc2)C(C)(C)C)O1. The van der Waals surface area contributed by atoms with Crippen molar-refractivity contribution in [3.05, 3.63) is 72.8 Å². The van der Waals surface area contributed by atoms with Crippen LogP contribution in [0.5, 0.6) is 0 Å². The molecule has 0 aromatic heterocycles. The first-order valence-corrected chi connectivity index (χ1v) is 21.9. The van der Waals surface area contributed by atoms with Gasteiger partial charge < -0.3 is 13.9 Å². The molecule has 1 fully saturated rings. The molecular weight excluding hydrogens is 577 g/mol. The third-order valence-electron chi connectivity index (χ3n) is 8.35. The zero-order chi connectivity index (χ0) is 32.4. The van der Waals surface area contributed by atoms with Crippen LogP contribution in [-0.4, -0.2) is 47.3 Å². The van der Waals surface area contributed by atoms with Crippen molar-refractivity contribution in [3.8, 4) is 11.5 Å². The Morgan fingerprint density at radius 3 is 2.05 bits per heavy atom. The number of benzene rings is 2. The molecule has 2 aromatic carbocycles. The summed E-state index contributed by atoms with van der Waals surface area (Å²) in [4.78, 5) is 11.7. The quantitative estimate of drug-likeness (QED) is 0.103. The average molecular weight is 633 g/mol. The summed E-state index contributed by atoms with van der Waals surface area (Å²) in [6, 6.07) is 21.7. The molecule has 0 aliphatic carbocycles. The average Bonchev–Trinajstić information content (AvgIpc) is 2.96. The van der Waals surface area contributed by atoms with E-state index in [9.17, 15) is 4.79 Å². The van der Waals surface area contributed by atoms with Gasteiger partial charge in [0, 0.05) is 19.4 Å². The van der Waals surface area contributed by atoms with E-state index in [-0.39, 0.29) is 29.1 Å². The lowest BCUT2D eigenvalue weighted by atomic mass is 9.94. The molecule has 0 N–H and O–H groups in total. The van der Waals surface area contributed by atoms with Crippen molar-refractivity contribution in [1.82, 2.24) is 0 Å². The highest BCUT2D eigenvalue weighted by atomic mass is 28.4. The first-order chi connectivity index (χ1) is 20.7. The number of hydrogen-bond donors (Lipinski definition) is 0. The molecule has 5 atom stereocenters. The molecule has 0 amide bonds. The van der Waals surface area contributed by atoms with E-state index in [2.05, 4.69) is 139 Å². The molecule has 1 heterocycles. The number of carbonyl (C=O) groups is 1. The van der Waals surface area contributed by atoms with Crippen molar-refractivity contribution in [2.45, 2.75) is 117 Å². The Kier molecular flexibility index (Phi) is 13.3. The Morgan fingerprint density at radius 2 is 1.52 bits per heavy atom. The van der Waals surface area contributed by atoms with Crippen molar-refractivity contribution in [1.29, 1.82) is 0 Å². The Hall–Kier alpha value is -2.44. The number of allylic oxidation sites excluding steroid dienone is 1. The highest BCUT2D eigenvalue weighted by Gasteiger charge is 2.50. The van der Waals surface area contributed by atoms with Crippen LogP contribution in [0.25, 0.3) is 0 Å². The first kappa shape index (κ1) is 36.0. The van der Waals surface area contributed by atoms with E-state index < -0.39 is 22.5 Å². The second kappa shape index (κ2) is 16.2. The van der Waals surface area contributed by atoms with Gasteiger partial charge in [-0.2, -0.15) is 0 Å². The van der Waals surface area contributed by atoms with Gasteiger partial charge >= 0.3 is 5.97 Å². The fraction of sp³-hybridized carbons (Fsp3) is 0.553. The van der Waals surface area contributed by atoms with Gasteiger partial charge in [0.25, 0.3) is 8.32 Å². The van der Waals surface area contributed by atoms with Gasteiger partial charge in [-0.05, 0) is 53.4 Å². The zero-order valence-electron chi connectivity index (χ0n) is 28.7. The number of hydrogen-bond acceptors (Lipinski definition) is 4. The first-order valence-electron chi connectivity index (χ1n) is 16.5. The summed E-state index contributed by atoms with van der Waals surface area (Å²) >= 11 is 0. The monoisotopic (exact) mass is 632 g/mol. The van der Waals surface area contributed by atoms with Gasteiger partial charge in [0.1, 0.15) is 8.07 Å². The molecule has 0 unspecified atom stereocenters. The molecule has 1 aliphatic heterocycles. The molecule has 44 heavy (non-hydrogen) atoms. The molecule has 0 bridgehead atoms. The second-order valence-electron chi connectivity index (χ2n) is 14.6. The third kappa shape index (κ3) is 10.6. The van der Waals surface area contributed by atoms with Gasteiger partial charge in [-0.15, -0.1) is 5.54 Å². The molecule has 240 valence electrons. The second-order valence-corrected chi connectivity index (χ2v) is 23.7. The van der Waals surface area contributed by atoms with Gasteiger partial charge in [-0.1, -0.05) is 133 Å². The Bertz CT molecular complexity index is 1210. The van der Waals surface area contributed by atoms with Gasteiger partial charge in [-0.3, -0.25) is 4.79 Å². The van der Waals surface area contributed by atoms with E-state index in [1.807, 2.05) is 0 Å². The predicted octanol–water partition coefficient (Wildman–Crippen LogP) is 7.92. The lowest BCUT2D eigenvalue weighted by molar-refractivity contribution is -0.144. The van der Waals surface area contributed by atoms with Gasteiger partial charge in [0.05, 0.1) is 12.2 Å². The van der Waals surface area contributed by atoms with Crippen molar-refractivity contribution in [3.63, 3.8) is 0 Å². The van der Waals surface area contributed by atoms with Crippen LogP contribution in [0, 0.1) is 23.3 Å². The van der Waals surface area contributed by atoms with Crippen LogP contribution in [-0.2, 0) is 18.7 Å². The minimum absolute atomic E-state index is 0.0285. The van der Waals surface area contributed by atoms with E-state index in [4.69, 9.17) is 13.9 Å². The fourth-order valence-corrected chi connectivity index (χ4v) is 11.3. The summed E-state index contributed by atoms with van der Waals surface area (Å²) < 4.78 is 19.4. The summed E-state index contributed by atoms with van der Waals surface area (Å²) in [5.74, 6) is 3.35. The van der Waals surface area contributed by atoms with E-state index in [0.29, 0.717) is 12.5 Å². The number of rotatable bonds is 12. The smallest absolute Gasteiger partial charge is 0.303 e. The Labute approximate surface area is 270 Å². The fourth-order valence-electron chi connectivity index (χ4n) is 6.17. The number of carbonyl (C=O) groups excluding carboxylic acids is 1. The normalized spacial score (nSPS) is 19.9. The van der Waals surface area contributed by atoms with Crippen molar-refractivity contribution in [2.75, 3.05) is 6.61 Å². The molecule has 0 saturated carbocycles. The van der Waals surface area contributed by atoms with Gasteiger partial charge in [0.2, 0.25) is 0 Å². The van der Waals surface area contributed by atoms with E-state index in [1.54, 1.807) is 0 Å². The van der Waals surface area contributed by atoms with E-state index in [1.165, 1.54) is 23.7 Å². The van der Waals surface area contributed by atoms with Crippen molar-refractivity contribution >= 4 is 32.7 Å². The van der Waals surface area contributed by atoms with Gasteiger partial charge in [-0.25, -0.2) is 0 Å². The Balaban J connectivity index is 1.62. The minimum atomic E-state index is -2.54. The molecule has 2 aromatic rings. The summed E-state index contributed by atoms with van der Waals surface area (Å²) in [5, 5.41) is 2.61. The third-order valence-corrected chi connectivity index (χ3v) is 14.3. The van der Waals surface area contributed by atoms with Crippen LogP contribution >= 0.6 is 0 Å². The van der Waals surface area contributed by atoms with Crippen LogP contribution in [0.4, 0.5) is 0 Å². The molecule has 0 radical (unpaired) electrons. The highest BCUT2D eigenvalue weighted by molar-refractivity contribution is 6.99. The Morgan fingerprint density at radius 1 is 0.955 bits per heavy atom. The van der Waals surface area contributed by atoms with Crippen molar-refractivity contribution < 1.29 is 18.7 Å². The van der Waals surface area contributed by atoms with Crippen LogP contribution in [0.1, 0.15) is 73.6 Å². The van der Waals surface area contributed by atoms with Crippen LogP contribution in [0.3, 0.4) is 0 Å². The molecule has 3 rings (SSSR count). The largest absolute Gasteiger partial charge is 0.449 e. The highest BCUT2D eigenvalue weighted by Crippen LogP contribution is 2.37. The van der Waals surface area contributed by atoms with Gasteiger partial charge in [0.15, 0.2) is 6.10 Å². The zero-order valence-corrected chi connectivity index (χ0v) is 30.7. The molecule has 0 spiro atoms. The molecule has 4 nitrogen and oxygen atoms in total. The lowest BCUT2D eigenvalue weighted by Crippen LogP contribution is -2.66. The summed E-state index contributed by atoms with van der Waals surface area (Å²) in [6.07, 6.45) is 9.71. The summed E-state index contributed by atoms with van der Waals surface area (Å²) in [7, 11) is -4.10. The predicted molar refractivity (Wildman–Crippen MR) is 189 cm³/mol. The van der Waals surface area contributed by atoms with Crippen molar-refractivity contribution in [2.24, 2.45) is 11.8 Å². The maximum Gasteiger partial charge on any atom is 0.303 e. The molecule has 1 aliphatic rings. The molecule has 6 heteroatoms. The summed E-state index contributed by atoms with van der Waals surface area (Å²) in [6.45, 7) is 20.1.